The van der Waals surface area contributed by atoms with Gasteiger partial charge in [0.15, 0.2) is 0 Å². The van der Waals surface area contributed by atoms with E-state index < -0.39 is 15.8 Å². The number of sulfonamides is 1. The molecule has 1 rings (SSSR count). The molecule has 1 aromatic carbocycles. The largest absolute Gasteiger partial charge is 0.310 e. The molecule has 0 aromatic heterocycles. The van der Waals surface area contributed by atoms with Gasteiger partial charge < -0.3 is 5.32 Å². The van der Waals surface area contributed by atoms with Gasteiger partial charge in [0.05, 0.1) is 0 Å². The fourth-order valence-electron chi connectivity index (χ4n) is 1.61. The minimum Gasteiger partial charge on any atom is -0.310 e. The Bertz CT molecular complexity index is 556. The van der Waals surface area contributed by atoms with E-state index in [1.807, 2.05) is 13.8 Å². The van der Waals surface area contributed by atoms with Crippen molar-refractivity contribution in [1.82, 2.24) is 9.62 Å². The second-order valence-electron chi connectivity index (χ2n) is 5.42. The van der Waals surface area contributed by atoms with Crippen molar-refractivity contribution < 1.29 is 12.8 Å². The first-order chi connectivity index (χ1) is 9.16. The molecule has 0 atom stereocenters. The van der Waals surface area contributed by atoms with E-state index in [1.165, 1.54) is 23.5 Å². The average Bonchev–Trinajstić information content (AvgIpc) is 2.36. The molecule has 0 radical (unpaired) electrons. The third kappa shape index (κ3) is 4.01. The molecule has 0 fully saturated rings. The van der Waals surface area contributed by atoms with Crippen LogP contribution < -0.4 is 5.32 Å². The first-order valence-electron chi connectivity index (χ1n) is 6.66. The van der Waals surface area contributed by atoms with Gasteiger partial charge >= 0.3 is 0 Å². The van der Waals surface area contributed by atoms with Crippen LogP contribution in [-0.4, -0.2) is 31.9 Å². The number of nitrogens with one attached hydrogen (secondary N) is 1. The van der Waals surface area contributed by atoms with E-state index in [0.717, 1.165) is 5.56 Å². The van der Waals surface area contributed by atoms with Gasteiger partial charge in [-0.3, -0.25) is 0 Å². The highest BCUT2D eigenvalue weighted by Gasteiger charge is 2.26. The van der Waals surface area contributed by atoms with Crippen LogP contribution in [0.5, 0.6) is 0 Å². The molecule has 0 spiro atoms. The monoisotopic (exact) mass is 302 g/mol. The molecule has 0 amide bonds. The summed E-state index contributed by atoms with van der Waals surface area (Å²) < 4.78 is 39.7. The summed E-state index contributed by atoms with van der Waals surface area (Å²) in [6.45, 7) is 7.99. The van der Waals surface area contributed by atoms with Gasteiger partial charge in [-0.05, 0) is 31.5 Å². The van der Waals surface area contributed by atoms with Gasteiger partial charge in [-0.2, -0.15) is 4.31 Å². The minimum atomic E-state index is -3.80. The Morgan fingerprint density at radius 3 is 2.35 bits per heavy atom. The van der Waals surface area contributed by atoms with Crippen LogP contribution >= 0.6 is 0 Å². The number of halogens is 1. The maximum absolute atomic E-state index is 13.9. The summed E-state index contributed by atoms with van der Waals surface area (Å²) in [5, 5.41) is 3.18. The van der Waals surface area contributed by atoms with Crippen molar-refractivity contribution in [2.75, 3.05) is 7.05 Å². The minimum absolute atomic E-state index is 0.225. The predicted octanol–water partition coefficient (Wildman–Crippen LogP) is 2.35. The van der Waals surface area contributed by atoms with E-state index in [2.05, 4.69) is 5.32 Å². The third-order valence-corrected chi connectivity index (χ3v) is 5.14. The molecule has 20 heavy (non-hydrogen) atoms. The normalized spacial score (nSPS) is 12.7. The highest BCUT2D eigenvalue weighted by Crippen LogP contribution is 2.21. The number of hydrogen-bond donors (Lipinski definition) is 1. The first kappa shape index (κ1) is 17.1. The van der Waals surface area contributed by atoms with Gasteiger partial charge in [0.1, 0.15) is 10.7 Å². The van der Waals surface area contributed by atoms with Crippen molar-refractivity contribution in [1.29, 1.82) is 0 Å². The molecule has 0 saturated heterocycles. The lowest BCUT2D eigenvalue weighted by molar-refractivity contribution is 0.407. The Hall–Kier alpha value is -0.980. The molecule has 0 aliphatic rings. The highest BCUT2D eigenvalue weighted by molar-refractivity contribution is 7.89. The zero-order valence-electron chi connectivity index (χ0n) is 12.6. The van der Waals surface area contributed by atoms with Crippen LogP contribution in [0.15, 0.2) is 23.1 Å². The fourth-order valence-corrected chi connectivity index (χ4v) is 3.09. The van der Waals surface area contributed by atoms with Crippen molar-refractivity contribution in [2.45, 2.75) is 51.2 Å². The van der Waals surface area contributed by atoms with Crippen LogP contribution in [-0.2, 0) is 16.6 Å². The number of benzene rings is 1. The summed E-state index contributed by atoms with van der Waals surface area (Å²) in [6.07, 6.45) is 0. The molecule has 0 aliphatic heterocycles. The Labute approximate surface area is 121 Å². The fraction of sp³-hybridized carbons (Fsp3) is 0.571. The smallest absolute Gasteiger partial charge is 0.245 e. The van der Waals surface area contributed by atoms with E-state index in [-0.39, 0.29) is 17.0 Å². The van der Waals surface area contributed by atoms with Crippen molar-refractivity contribution in [3.05, 3.63) is 29.6 Å². The molecular formula is C14H23FN2O2S. The van der Waals surface area contributed by atoms with Gasteiger partial charge in [-0.25, -0.2) is 12.8 Å². The molecule has 0 aliphatic carbocycles. The first-order valence-corrected chi connectivity index (χ1v) is 8.10. The molecule has 0 unspecified atom stereocenters. The third-order valence-electron chi connectivity index (χ3n) is 3.09. The molecule has 1 aromatic rings. The van der Waals surface area contributed by atoms with Gasteiger partial charge in [0.2, 0.25) is 10.0 Å². The standard InChI is InChI=1S/C14H23FN2O2S/c1-10(2)16-9-12-6-7-13(15)14(8-12)20(18,19)17(5)11(3)4/h6-8,10-11,16H,9H2,1-5H3. The lowest BCUT2D eigenvalue weighted by Gasteiger charge is -2.21. The van der Waals surface area contributed by atoms with Gasteiger partial charge in [-0.15, -0.1) is 0 Å². The van der Waals surface area contributed by atoms with E-state index in [0.29, 0.717) is 6.54 Å². The zero-order valence-corrected chi connectivity index (χ0v) is 13.5. The van der Waals surface area contributed by atoms with Crippen molar-refractivity contribution in [2.24, 2.45) is 0 Å². The summed E-state index contributed by atoms with van der Waals surface area (Å²) >= 11 is 0. The van der Waals surface area contributed by atoms with E-state index in [9.17, 15) is 12.8 Å². The van der Waals surface area contributed by atoms with Crippen LogP contribution in [0.2, 0.25) is 0 Å². The molecule has 0 heterocycles. The second-order valence-corrected chi connectivity index (χ2v) is 7.38. The Kier molecular flexibility index (Phi) is 5.68. The Morgan fingerprint density at radius 2 is 1.85 bits per heavy atom. The summed E-state index contributed by atoms with van der Waals surface area (Å²) in [6, 6.07) is 4.26. The molecule has 1 N–H and O–H groups in total. The molecule has 0 saturated carbocycles. The van der Waals surface area contributed by atoms with E-state index >= 15 is 0 Å². The van der Waals surface area contributed by atoms with Crippen LogP contribution in [0.1, 0.15) is 33.3 Å². The number of hydrogen-bond acceptors (Lipinski definition) is 3. The van der Waals surface area contributed by atoms with Gasteiger partial charge in [0, 0.05) is 25.7 Å². The predicted molar refractivity (Wildman–Crippen MR) is 78.5 cm³/mol. The van der Waals surface area contributed by atoms with Crippen molar-refractivity contribution in [3.8, 4) is 0 Å². The van der Waals surface area contributed by atoms with Gasteiger partial charge in [-0.1, -0.05) is 19.9 Å². The maximum Gasteiger partial charge on any atom is 0.245 e. The molecule has 4 nitrogen and oxygen atoms in total. The van der Waals surface area contributed by atoms with Crippen LogP contribution in [0.4, 0.5) is 4.39 Å². The Balaban J connectivity index is 3.14. The van der Waals surface area contributed by atoms with E-state index in [4.69, 9.17) is 0 Å². The molecule has 0 bridgehead atoms. The van der Waals surface area contributed by atoms with Crippen LogP contribution in [0.3, 0.4) is 0 Å². The maximum atomic E-state index is 13.9. The van der Waals surface area contributed by atoms with Crippen molar-refractivity contribution >= 4 is 10.0 Å². The lowest BCUT2D eigenvalue weighted by Crippen LogP contribution is -2.33. The summed E-state index contributed by atoms with van der Waals surface area (Å²) in [5.41, 5.74) is 0.746. The van der Waals surface area contributed by atoms with Crippen LogP contribution in [0.25, 0.3) is 0 Å². The lowest BCUT2D eigenvalue weighted by atomic mass is 10.2. The SMILES string of the molecule is CC(C)NCc1ccc(F)c(S(=O)(=O)N(C)C(C)C)c1. The zero-order chi connectivity index (χ0) is 15.5. The average molecular weight is 302 g/mol. The van der Waals surface area contributed by atoms with Crippen molar-refractivity contribution in [3.63, 3.8) is 0 Å². The highest BCUT2D eigenvalue weighted by atomic mass is 32.2. The van der Waals surface area contributed by atoms with E-state index in [1.54, 1.807) is 19.9 Å². The summed E-state index contributed by atoms with van der Waals surface area (Å²) in [5.74, 6) is -0.717. The molecule has 6 heteroatoms. The van der Waals surface area contributed by atoms with Crippen LogP contribution in [0, 0.1) is 5.82 Å². The number of nitrogens with zero attached hydrogens (tertiary/aromatic N) is 1. The topological polar surface area (TPSA) is 49.4 Å². The molecular weight excluding hydrogens is 279 g/mol. The quantitative estimate of drug-likeness (QED) is 0.877. The second kappa shape index (κ2) is 6.65. The summed E-state index contributed by atoms with van der Waals surface area (Å²) in [4.78, 5) is -0.267. The Morgan fingerprint density at radius 1 is 1.25 bits per heavy atom. The van der Waals surface area contributed by atoms with Gasteiger partial charge in [0.25, 0.3) is 0 Å². The number of rotatable bonds is 6. The summed E-state index contributed by atoms with van der Waals surface area (Å²) in [7, 11) is -2.34. The molecule has 114 valence electrons.